The van der Waals surface area contributed by atoms with Gasteiger partial charge in [-0.25, -0.2) is 8.42 Å². The lowest BCUT2D eigenvalue weighted by Crippen LogP contribution is -2.46. The van der Waals surface area contributed by atoms with Gasteiger partial charge in [-0.05, 0) is 61.6 Å². The van der Waals surface area contributed by atoms with E-state index in [1.807, 2.05) is 0 Å². The second-order valence-corrected chi connectivity index (χ2v) is 9.81. The molecule has 2 N–H and O–H groups in total. The number of hydrogen-bond acceptors (Lipinski definition) is 4. The summed E-state index contributed by atoms with van der Waals surface area (Å²) >= 11 is 0. The van der Waals surface area contributed by atoms with Crippen molar-refractivity contribution in [3.05, 3.63) is 60.2 Å². The molecule has 0 aromatic heterocycles. The van der Waals surface area contributed by atoms with Gasteiger partial charge >= 0.3 is 0 Å². The molecule has 0 bridgehead atoms. The van der Waals surface area contributed by atoms with Crippen LogP contribution in [0.15, 0.2) is 59.5 Å². The van der Waals surface area contributed by atoms with E-state index in [0.29, 0.717) is 36.7 Å². The van der Waals surface area contributed by atoms with Crippen molar-refractivity contribution < 1.29 is 18.0 Å². The van der Waals surface area contributed by atoms with Gasteiger partial charge in [-0.1, -0.05) is 32.0 Å². The third kappa shape index (κ3) is 5.85. The molecule has 3 rings (SSSR count). The molecular formula is C23H29N3O4S. The van der Waals surface area contributed by atoms with Gasteiger partial charge in [0.15, 0.2) is 0 Å². The summed E-state index contributed by atoms with van der Waals surface area (Å²) in [6, 6.07) is 13.9. The summed E-state index contributed by atoms with van der Waals surface area (Å²) in [5.74, 6) is 0.164. The maximum Gasteiger partial charge on any atom is 0.261 e. The number of carbonyl (C=O) groups is 2. The number of sulfonamides is 1. The summed E-state index contributed by atoms with van der Waals surface area (Å²) in [5.41, 5.74) is 0.786. The van der Waals surface area contributed by atoms with Crippen molar-refractivity contribution in [2.45, 2.75) is 44.0 Å². The van der Waals surface area contributed by atoms with Crippen LogP contribution in [0.3, 0.4) is 0 Å². The Morgan fingerprint density at radius 2 is 1.74 bits per heavy atom. The van der Waals surface area contributed by atoms with Crippen molar-refractivity contribution in [1.29, 1.82) is 0 Å². The van der Waals surface area contributed by atoms with Crippen LogP contribution in [0.5, 0.6) is 0 Å². The lowest BCUT2D eigenvalue weighted by Gasteiger charge is -2.24. The molecule has 0 radical (unpaired) electrons. The molecule has 166 valence electrons. The lowest BCUT2D eigenvalue weighted by atomic mass is 10.1. The average Bonchev–Trinajstić information content (AvgIpc) is 3.24. The molecule has 2 amide bonds. The highest BCUT2D eigenvalue weighted by Gasteiger charge is 2.34. The third-order valence-electron chi connectivity index (χ3n) is 5.27. The molecule has 1 saturated heterocycles. The Morgan fingerprint density at radius 1 is 1.06 bits per heavy atom. The van der Waals surface area contributed by atoms with Gasteiger partial charge in [0, 0.05) is 24.3 Å². The number of rotatable bonds is 8. The maximum atomic E-state index is 13.0. The van der Waals surface area contributed by atoms with Gasteiger partial charge in [0.05, 0.1) is 4.90 Å². The highest BCUT2D eigenvalue weighted by Crippen LogP contribution is 2.22. The zero-order valence-electron chi connectivity index (χ0n) is 17.9. The molecule has 2 aromatic rings. The standard InChI is InChI=1S/C23H29N3O4S/c1-17(2)14-15-24-22(27)21-9-6-16-26(21)23(28)18-10-12-19(13-11-18)25-31(29,30)20-7-4-3-5-8-20/h3-5,7-8,10-13,17,21,25H,6,9,14-16H2,1-2H3,(H,24,27)/t21-/m0/s1. The number of carbonyl (C=O) groups excluding carboxylic acids is 2. The maximum absolute atomic E-state index is 13.0. The predicted octanol–water partition coefficient (Wildman–Crippen LogP) is 3.25. The second kappa shape index (κ2) is 9.96. The van der Waals surface area contributed by atoms with Crippen LogP contribution in [-0.2, 0) is 14.8 Å². The SMILES string of the molecule is CC(C)CCNC(=O)[C@@H]1CCCN1C(=O)c1ccc(NS(=O)(=O)c2ccccc2)cc1. The van der Waals surface area contributed by atoms with Crippen molar-refractivity contribution in [2.24, 2.45) is 5.92 Å². The largest absolute Gasteiger partial charge is 0.354 e. The van der Waals surface area contributed by atoms with E-state index in [1.54, 1.807) is 47.4 Å². The summed E-state index contributed by atoms with van der Waals surface area (Å²) in [5, 5.41) is 2.93. The summed E-state index contributed by atoms with van der Waals surface area (Å²) in [4.78, 5) is 27.3. The fourth-order valence-corrected chi connectivity index (χ4v) is 4.62. The summed E-state index contributed by atoms with van der Waals surface area (Å²) < 4.78 is 27.4. The number of likely N-dealkylation sites (tertiary alicyclic amines) is 1. The van der Waals surface area contributed by atoms with Gasteiger partial charge in [0.1, 0.15) is 6.04 Å². The van der Waals surface area contributed by atoms with Gasteiger partial charge in [-0.3, -0.25) is 14.3 Å². The van der Waals surface area contributed by atoms with E-state index in [2.05, 4.69) is 23.9 Å². The number of nitrogens with one attached hydrogen (secondary N) is 2. The van der Waals surface area contributed by atoms with Crippen molar-refractivity contribution in [1.82, 2.24) is 10.2 Å². The zero-order chi connectivity index (χ0) is 22.4. The summed E-state index contributed by atoms with van der Waals surface area (Å²) in [6.45, 7) is 5.33. The first-order chi connectivity index (χ1) is 14.8. The van der Waals surface area contributed by atoms with E-state index in [9.17, 15) is 18.0 Å². The normalized spacial score (nSPS) is 16.4. The Morgan fingerprint density at radius 3 is 2.39 bits per heavy atom. The topological polar surface area (TPSA) is 95.6 Å². The minimum atomic E-state index is -3.70. The molecular weight excluding hydrogens is 414 g/mol. The van der Waals surface area contributed by atoms with Gasteiger partial charge in [-0.15, -0.1) is 0 Å². The molecule has 1 heterocycles. The van der Waals surface area contributed by atoms with Crippen LogP contribution >= 0.6 is 0 Å². The minimum absolute atomic E-state index is 0.112. The van der Waals surface area contributed by atoms with Crippen molar-refractivity contribution in [3.8, 4) is 0 Å². The quantitative estimate of drug-likeness (QED) is 0.655. The van der Waals surface area contributed by atoms with Gasteiger partial charge in [0.2, 0.25) is 5.91 Å². The molecule has 0 saturated carbocycles. The Bertz CT molecular complexity index is 1000. The van der Waals surface area contributed by atoms with Gasteiger partial charge < -0.3 is 10.2 Å². The Hall–Kier alpha value is -2.87. The highest BCUT2D eigenvalue weighted by molar-refractivity contribution is 7.92. The van der Waals surface area contributed by atoms with Crippen LogP contribution < -0.4 is 10.0 Å². The Labute approximate surface area is 183 Å². The first-order valence-electron chi connectivity index (χ1n) is 10.5. The van der Waals surface area contributed by atoms with Crippen LogP contribution in [-0.4, -0.2) is 44.3 Å². The number of benzene rings is 2. The predicted molar refractivity (Wildman–Crippen MR) is 120 cm³/mol. The van der Waals surface area contributed by atoms with E-state index < -0.39 is 16.1 Å². The highest BCUT2D eigenvalue weighted by atomic mass is 32.2. The first-order valence-corrected chi connectivity index (χ1v) is 12.0. The van der Waals surface area contributed by atoms with Crippen molar-refractivity contribution in [3.63, 3.8) is 0 Å². The number of hydrogen-bond donors (Lipinski definition) is 2. The van der Waals surface area contributed by atoms with Crippen molar-refractivity contribution >= 4 is 27.5 Å². The molecule has 0 unspecified atom stereocenters. The third-order valence-corrected chi connectivity index (χ3v) is 6.67. The van der Waals surface area contributed by atoms with Crippen LogP contribution in [0.2, 0.25) is 0 Å². The molecule has 8 heteroatoms. The molecule has 1 atom stereocenters. The van der Waals surface area contributed by atoms with Crippen LogP contribution in [0.4, 0.5) is 5.69 Å². The smallest absolute Gasteiger partial charge is 0.261 e. The molecule has 1 aliphatic heterocycles. The number of amides is 2. The van der Waals surface area contributed by atoms with E-state index in [0.717, 1.165) is 12.8 Å². The fraction of sp³-hybridized carbons (Fsp3) is 0.391. The van der Waals surface area contributed by atoms with Gasteiger partial charge in [-0.2, -0.15) is 0 Å². The van der Waals surface area contributed by atoms with Crippen LogP contribution in [0, 0.1) is 5.92 Å². The number of nitrogens with zero attached hydrogens (tertiary/aromatic N) is 1. The molecule has 7 nitrogen and oxygen atoms in total. The first kappa shape index (κ1) is 22.8. The molecule has 1 aliphatic rings. The summed E-state index contributed by atoms with van der Waals surface area (Å²) in [6.07, 6.45) is 2.32. The van der Waals surface area contributed by atoms with Crippen LogP contribution in [0.1, 0.15) is 43.5 Å². The van der Waals surface area contributed by atoms with E-state index in [4.69, 9.17) is 0 Å². The lowest BCUT2D eigenvalue weighted by molar-refractivity contribution is -0.124. The monoisotopic (exact) mass is 443 g/mol. The van der Waals surface area contributed by atoms with E-state index >= 15 is 0 Å². The molecule has 1 fully saturated rings. The Kier molecular flexibility index (Phi) is 7.33. The van der Waals surface area contributed by atoms with Gasteiger partial charge in [0.25, 0.3) is 15.9 Å². The molecule has 2 aromatic carbocycles. The molecule has 0 spiro atoms. The molecule has 31 heavy (non-hydrogen) atoms. The average molecular weight is 444 g/mol. The minimum Gasteiger partial charge on any atom is -0.354 e. The van der Waals surface area contributed by atoms with E-state index in [1.165, 1.54) is 12.1 Å². The second-order valence-electron chi connectivity index (χ2n) is 8.13. The van der Waals surface area contributed by atoms with Crippen molar-refractivity contribution in [2.75, 3.05) is 17.8 Å². The summed E-state index contributed by atoms with van der Waals surface area (Å²) in [7, 11) is -3.70. The van der Waals surface area contributed by atoms with Crippen LogP contribution in [0.25, 0.3) is 0 Å². The number of anilines is 1. The van der Waals surface area contributed by atoms with E-state index in [-0.39, 0.29) is 16.7 Å². The molecule has 0 aliphatic carbocycles. The fourth-order valence-electron chi connectivity index (χ4n) is 3.54. The Balaban J connectivity index is 1.65. The zero-order valence-corrected chi connectivity index (χ0v) is 18.7.